The highest BCUT2D eigenvalue weighted by Crippen LogP contribution is 2.37. The molecule has 0 spiro atoms. The summed E-state index contributed by atoms with van der Waals surface area (Å²) in [5.74, 6) is -2.42. The Morgan fingerprint density at radius 1 is 1.38 bits per heavy atom. The van der Waals surface area contributed by atoms with Gasteiger partial charge in [-0.2, -0.15) is 13.2 Å². The Balaban J connectivity index is 3.03. The van der Waals surface area contributed by atoms with Gasteiger partial charge in [-0.25, -0.2) is 4.79 Å². The summed E-state index contributed by atoms with van der Waals surface area (Å²) in [6.07, 6.45) is -4.58. The molecule has 1 heterocycles. The number of halogens is 3. The first-order chi connectivity index (χ1) is 9.45. The quantitative estimate of drug-likeness (QED) is 0.597. The molecular weight excluding hydrogens is 289 g/mol. The molecule has 8 heteroatoms. The van der Waals surface area contributed by atoms with Gasteiger partial charge in [0.1, 0.15) is 5.60 Å². The number of rotatable bonds is 1. The summed E-state index contributed by atoms with van der Waals surface area (Å²) in [6, 6.07) is 0. The van der Waals surface area contributed by atoms with Gasteiger partial charge in [0, 0.05) is 18.3 Å². The third kappa shape index (κ3) is 4.64. The highest BCUT2D eigenvalue weighted by molar-refractivity contribution is 5.92. The standard InChI is InChI=1S/C13H19F3N2O3/c1-12(2,3)21-11(19)18-6-5-9(13(14,15)16)8(7-18)10(17)20-4/h7,9,17H,5-6H2,1-4H3/t9-/m0/s1. The van der Waals surface area contributed by atoms with E-state index in [2.05, 4.69) is 4.74 Å². The number of hydrogen-bond acceptors (Lipinski definition) is 4. The molecule has 1 atom stereocenters. The largest absolute Gasteiger partial charge is 0.481 e. The van der Waals surface area contributed by atoms with Crippen LogP contribution in [0.25, 0.3) is 0 Å². The van der Waals surface area contributed by atoms with Gasteiger partial charge in [0.2, 0.25) is 5.90 Å². The molecule has 1 N–H and O–H groups in total. The van der Waals surface area contributed by atoms with Crippen LogP contribution < -0.4 is 0 Å². The fourth-order valence-corrected chi connectivity index (χ4v) is 1.89. The lowest BCUT2D eigenvalue weighted by molar-refractivity contribution is -0.167. The summed E-state index contributed by atoms with van der Waals surface area (Å²) in [5.41, 5.74) is -1.12. The fraction of sp³-hybridized carbons (Fsp3) is 0.692. The van der Waals surface area contributed by atoms with E-state index < -0.39 is 29.7 Å². The average Bonchev–Trinajstić information content (AvgIpc) is 2.34. The molecule has 0 saturated carbocycles. The number of carbonyl (C=O) groups is 1. The highest BCUT2D eigenvalue weighted by Gasteiger charge is 2.46. The minimum Gasteiger partial charge on any atom is -0.481 e. The lowest BCUT2D eigenvalue weighted by atomic mass is 9.92. The maximum atomic E-state index is 13.0. The van der Waals surface area contributed by atoms with Gasteiger partial charge < -0.3 is 9.47 Å². The molecule has 0 fully saturated rings. The molecule has 1 amide bonds. The first kappa shape index (κ1) is 17.3. The SMILES string of the molecule is COC(=N)C1=CN(C(=O)OC(C)(C)C)CC[C@@H]1C(F)(F)F. The van der Waals surface area contributed by atoms with E-state index in [-0.39, 0.29) is 18.5 Å². The number of nitrogens with zero attached hydrogens (tertiary/aromatic N) is 1. The maximum absolute atomic E-state index is 13.0. The summed E-state index contributed by atoms with van der Waals surface area (Å²) in [7, 11) is 1.11. The normalized spacial score (nSPS) is 19.9. The van der Waals surface area contributed by atoms with Crippen molar-refractivity contribution in [3.63, 3.8) is 0 Å². The van der Waals surface area contributed by atoms with Crippen molar-refractivity contribution in [3.05, 3.63) is 11.8 Å². The van der Waals surface area contributed by atoms with Gasteiger partial charge in [-0.15, -0.1) is 0 Å². The number of alkyl halides is 3. The third-order valence-electron chi connectivity index (χ3n) is 2.82. The van der Waals surface area contributed by atoms with E-state index in [0.717, 1.165) is 18.2 Å². The van der Waals surface area contributed by atoms with Crippen LogP contribution in [-0.4, -0.2) is 42.3 Å². The Morgan fingerprint density at radius 3 is 2.38 bits per heavy atom. The molecule has 1 aliphatic rings. The molecule has 0 unspecified atom stereocenters. The Labute approximate surface area is 121 Å². The van der Waals surface area contributed by atoms with Gasteiger partial charge in [-0.1, -0.05) is 0 Å². The van der Waals surface area contributed by atoms with Crippen LogP contribution in [0.15, 0.2) is 11.8 Å². The van der Waals surface area contributed by atoms with Crippen LogP contribution in [0, 0.1) is 11.3 Å². The van der Waals surface area contributed by atoms with Crippen LogP contribution in [0.4, 0.5) is 18.0 Å². The first-order valence-electron chi connectivity index (χ1n) is 6.36. The number of carbonyl (C=O) groups excluding carboxylic acids is 1. The molecule has 0 aromatic rings. The summed E-state index contributed by atoms with van der Waals surface area (Å²) in [6.45, 7) is 4.86. The zero-order chi connectivity index (χ0) is 16.4. The topological polar surface area (TPSA) is 62.6 Å². The number of methoxy groups -OCH3 is 1. The molecule has 5 nitrogen and oxygen atoms in total. The zero-order valence-electron chi connectivity index (χ0n) is 12.4. The highest BCUT2D eigenvalue weighted by atomic mass is 19.4. The van der Waals surface area contributed by atoms with Crippen molar-refractivity contribution in [1.29, 1.82) is 5.41 Å². The van der Waals surface area contributed by atoms with Crippen LogP contribution in [0.1, 0.15) is 27.2 Å². The van der Waals surface area contributed by atoms with Crippen molar-refractivity contribution in [2.24, 2.45) is 5.92 Å². The Morgan fingerprint density at radius 2 is 1.95 bits per heavy atom. The summed E-state index contributed by atoms with van der Waals surface area (Å²) in [4.78, 5) is 12.9. The lowest BCUT2D eigenvalue weighted by Crippen LogP contribution is -2.41. The third-order valence-corrected chi connectivity index (χ3v) is 2.82. The van der Waals surface area contributed by atoms with Crippen molar-refractivity contribution in [2.45, 2.75) is 39.0 Å². The molecule has 0 aromatic carbocycles. The Hall–Kier alpha value is -1.73. The van der Waals surface area contributed by atoms with E-state index in [1.807, 2.05) is 0 Å². The molecule has 1 aliphatic heterocycles. The molecule has 0 aromatic heterocycles. The van der Waals surface area contributed by atoms with Gasteiger partial charge in [0.15, 0.2) is 0 Å². The second-order valence-corrected chi connectivity index (χ2v) is 5.67. The van der Waals surface area contributed by atoms with Gasteiger partial charge >= 0.3 is 12.3 Å². The van der Waals surface area contributed by atoms with E-state index in [1.165, 1.54) is 0 Å². The van der Waals surface area contributed by atoms with E-state index in [1.54, 1.807) is 20.8 Å². The summed E-state index contributed by atoms with van der Waals surface area (Å²) < 4.78 is 48.6. The van der Waals surface area contributed by atoms with E-state index >= 15 is 0 Å². The smallest absolute Gasteiger partial charge is 0.414 e. The predicted molar refractivity (Wildman–Crippen MR) is 69.9 cm³/mol. The molecule has 120 valence electrons. The Kier molecular flexibility index (Phi) is 4.91. The van der Waals surface area contributed by atoms with Crippen molar-refractivity contribution >= 4 is 12.0 Å². The number of amides is 1. The zero-order valence-corrected chi connectivity index (χ0v) is 12.4. The predicted octanol–water partition coefficient (Wildman–Crippen LogP) is 3.31. The Bertz CT molecular complexity index is 453. The van der Waals surface area contributed by atoms with E-state index in [4.69, 9.17) is 10.1 Å². The minimum absolute atomic E-state index is 0.125. The van der Waals surface area contributed by atoms with Crippen LogP contribution in [0.5, 0.6) is 0 Å². The van der Waals surface area contributed by atoms with Gasteiger partial charge in [0.25, 0.3) is 0 Å². The molecule has 0 bridgehead atoms. The maximum Gasteiger partial charge on any atom is 0.414 e. The number of ether oxygens (including phenoxy) is 2. The minimum atomic E-state index is -4.49. The van der Waals surface area contributed by atoms with Crippen molar-refractivity contribution in [2.75, 3.05) is 13.7 Å². The van der Waals surface area contributed by atoms with Gasteiger partial charge in [-0.3, -0.25) is 10.3 Å². The van der Waals surface area contributed by atoms with Gasteiger partial charge in [0.05, 0.1) is 13.0 Å². The van der Waals surface area contributed by atoms with Crippen LogP contribution >= 0.6 is 0 Å². The number of hydrogen-bond donors (Lipinski definition) is 1. The van der Waals surface area contributed by atoms with Crippen LogP contribution in [-0.2, 0) is 9.47 Å². The van der Waals surface area contributed by atoms with Crippen LogP contribution in [0.2, 0.25) is 0 Å². The van der Waals surface area contributed by atoms with Crippen LogP contribution in [0.3, 0.4) is 0 Å². The van der Waals surface area contributed by atoms with Gasteiger partial charge in [-0.05, 0) is 27.2 Å². The summed E-state index contributed by atoms with van der Waals surface area (Å²) in [5, 5.41) is 7.48. The molecule has 0 aliphatic carbocycles. The number of nitrogens with one attached hydrogen (secondary N) is 1. The second kappa shape index (κ2) is 5.95. The van der Waals surface area contributed by atoms with E-state index in [9.17, 15) is 18.0 Å². The second-order valence-electron chi connectivity index (χ2n) is 5.67. The lowest BCUT2D eigenvalue weighted by Gasteiger charge is -2.33. The first-order valence-corrected chi connectivity index (χ1v) is 6.36. The fourth-order valence-electron chi connectivity index (χ4n) is 1.89. The summed E-state index contributed by atoms with van der Waals surface area (Å²) >= 11 is 0. The van der Waals surface area contributed by atoms with E-state index in [0.29, 0.717) is 0 Å². The molecule has 1 rings (SSSR count). The van der Waals surface area contributed by atoms with Crippen molar-refractivity contribution in [3.8, 4) is 0 Å². The molecular formula is C13H19F3N2O3. The average molecular weight is 308 g/mol. The molecule has 0 saturated heterocycles. The monoisotopic (exact) mass is 308 g/mol. The van der Waals surface area contributed by atoms with Crippen molar-refractivity contribution < 1.29 is 27.4 Å². The molecule has 21 heavy (non-hydrogen) atoms. The van der Waals surface area contributed by atoms with Crippen molar-refractivity contribution in [1.82, 2.24) is 4.90 Å². The molecule has 0 radical (unpaired) electrons.